The van der Waals surface area contributed by atoms with Gasteiger partial charge in [-0.25, -0.2) is 13.1 Å². The maximum atomic E-state index is 12.3. The monoisotopic (exact) mass is 415 g/mol. The summed E-state index contributed by atoms with van der Waals surface area (Å²) in [5.41, 5.74) is 0.649. The summed E-state index contributed by atoms with van der Waals surface area (Å²) < 4.78 is 24.4. The summed E-state index contributed by atoms with van der Waals surface area (Å²) >= 11 is 7.30. The van der Waals surface area contributed by atoms with Crippen LogP contribution < -0.4 is 5.84 Å². The van der Waals surface area contributed by atoms with Crippen molar-refractivity contribution in [3.05, 3.63) is 29.3 Å². The smallest absolute Gasteiger partial charge is 0.233 e. The van der Waals surface area contributed by atoms with Gasteiger partial charge in [-0.15, -0.1) is 10.2 Å². The Bertz CT molecular complexity index is 931. The van der Waals surface area contributed by atoms with Crippen LogP contribution >= 0.6 is 23.4 Å². The van der Waals surface area contributed by atoms with Crippen LogP contribution in [0.2, 0.25) is 5.02 Å². The van der Waals surface area contributed by atoms with Gasteiger partial charge in [0, 0.05) is 18.7 Å². The first-order valence-electron chi connectivity index (χ1n) is 7.83. The minimum absolute atomic E-state index is 0.0175. The van der Waals surface area contributed by atoms with Crippen molar-refractivity contribution < 1.29 is 13.2 Å². The number of hydrogen-bond acceptors (Lipinski definition) is 7. The van der Waals surface area contributed by atoms with E-state index in [1.54, 1.807) is 25.2 Å². The van der Waals surface area contributed by atoms with Gasteiger partial charge in [-0.2, -0.15) is 0 Å². The van der Waals surface area contributed by atoms with Crippen molar-refractivity contribution in [2.45, 2.75) is 17.6 Å². The molecule has 3 rings (SSSR count). The number of nitrogens with two attached hydrogens (primary N) is 1. The quantitative estimate of drug-likeness (QED) is 0.573. The maximum absolute atomic E-state index is 12.3. The Morgan fingerprint density at radius 1 is 1.42 bits per heavy atom. The minimum atomic E-state index is -3.04. The van der Waals surface area contributed by atoms with Crippen molar-refractivity contribution in [1.82, 2.24) is 19.8 Å². The van der Waals surface area contributed by atoms with Crippen LogP contribution in [-0.4, -0.2) is 64.4 Å². The van der Waals surface area contributed by atoms with Gasteiger partial charge in [-0.1, -0.05) is 35.5 Å². The molecule has 2 heterocycles. The highest BCUT2D eigenvalue weighted by Crippen LogP contribution is 2.27. The molecule has 2 aromatic rings. The molecule has 1 aromatic carbocycles. The molecule has 11 heteroatoms. The second kappa shape index (κ2) is 7.45. The van der Waals surface area contributed by atoms with E-state index in [1.807, 2.05) is 6.07 Å². The van der Waals surface area contributed by atoms with Crippen LogP contribution in [0.5, 0.6) is 0 Å². The van der Waals surface area contributed by atoms with E-state index in [9.17, 15) is 13.2 Å². The number of thioether (sulfide) groups is 1. The number of amides is 1. The van der Waals surface area contributed by atoms with Crippen molar-refractivity contribution in [1.29, 1.82) is 0 Å². The number of rotatable bonds is 5. The summed E-state index contributed by atoms with van der Waals surface area (Å²) in [6.07, 6.45) is 0.471. The molecule has 1 aromatic heterocycles. The zero-order valence-corrected chi connectivity index (χ0v) is 16.4. The molecule has 1 aliphatic rings. The number of hydrogen-bond donors (Lipinski definition) is 1. The highest BCUT2D eigenvalue weighted by Gasteiger charge is 2.32. The molecule has 26 heavy (non-hydrogen) atoms. The number of benzene rings is 1. The lowest BCUT2D eigenvalue weighted by Gasteiger charge is -2.23. The van der Waals surface area contributed by atoms with Crippen LogP contribution in [0.1, 0.15) is 6.42 Å². The van der Waals surface area contributed by atoms with Crippen molar-refractivity contribution in [2.24, 2.45) is 0 Å². The molecule has 140 valence electrons. The summed E-state index contributed by atoms with van der Waals surface area (Å²) in [6, 6.07) is 6.85. The maximum Gasteiger partial charge on any atom is 0.233 e. The molecule has 2 N–H and O–H groups in total. The van der Waals surface area contributed by atoms with Crippen LogP contribution in [0, 0.1) is 0 Å². The predicted molar refractivity (Wildman–Crippen MR) is 101 cm³/mol. The third-order valence-corrected chi connectivity index (χ3v) is 7.26. The Balaban J connectivity index is 1.65. The fourth-order valence-electron chi connectivity index (χ4n) is 2.71. The third-order valence-electron chi connectivity index (χ3n) is 4.25. The van der Waals surface area contributed by atoms with E-state index in [0.29, 0.717) is 28.0 Å². The third kappa shape index (κ3) is 3.97. The first kappa shape index (κ1) is 19.0. The molecule has 0 spiro atoms. The largest absolute Gasteiger partial charge is 0.341 e. The topological polar surface area (TPSA) is 111 Å². The molecule has 1 saturated heterocycles. The Kier molecular flexibility index (Phi) is 5.44. The fourth-order valence-corrected chi connectivity index (χ4v) is 5.49. The van der Waals surface area contributed by atoms with Gasteiger partial charge in [0.15, 0.2) is 15.7 Å². The molecule has 0 radical (unpaired) electrons. The fraction of sp³-hybridized carbons (Fsp3) is 0.400. The van der Waals surface area contributed by atoms with E-state index in [-0.39, 0.29) is 29.2 Å². The van der Waals surface area contributed by atoms with E-state index in [0.717, 1.165) is 11.8 Å². The number of carbonyl (C=O) groups is 1. The van der Waals surface area contributed by atoms with E-state index < -0.39 is 9.84 Å². The first-order valence-corrected chi connectivity index (χ1v) is 11.0. The van der Waals surface area contributed by atoms with Crippen LogP contribution in [0.3, 0.4) is 0 Å². The van der Waals surface area contributed by atoms with Gasteiger partial charge < -0.3 is 10.7 Å². The van der Waals surface area contributed by atoms with Gasteiger partial charge in [-0.05, 0) is 18.6 Å². The number of halogens is 1. The summed E-state index contributed by atoms with van der Waals surface area (Å²) in [5, 5.41) is 8.93. The van der Waals surface area contributed by atoms with Crippen LogP contribution in [0.15, 0.2) is 29.4 Å². The van der Waals surface area contributed by atoms with Crippen molar-refractivity contribution in [2.75, 3.05) is 30.1 Å². The summed E-state index contributed by atoms with van der Waals surface area (Å²) in [4.78, 5) is 13.8. The van der Waals surface area contributed by atoms with Crippen molar-refractivity contribution in [3.8, 4) is 11.4 Å². The van der Waals surface area contributed by atoms with Gasteiger partial charge in [0.2, 0.25) is 11.1 Å². The van der Waals surface area contributed by atoms with Gasteiger partial charge >= 0.3 is 0 Å². The van der Waals surface area contributed by atoms with Gasteiger partial charge in [-0.3, -0.25) is 4.79 Å². The van der Waals surface area contributed by atoms with Gasteiger partial charge in [0.1, 0.15) is 0 Å². The Morgan fingerprint density at radius 3 is 2.81 bits per heavy atom. The zero-order valence-electron chi connectivity index (χ0n) is 14.0. The average molecular weight is 416 g/mol. The molecule has 0 bridgehead atoms. The van der Waals surface area contributed by atoms with Crippen LogP contribution in [-0.2, 0) is 14.6 Å². The Labute approximate surface area is 160 Å². The number of aromatic nitrogens is 3. The van der Waals surface area contributed by atoms with Crippen LogP contribution in [0.4, 0.5) is 0 Å². The number of nitrogens with zero attached hydrogens (tertiary/aromatic N) is 4. The molecule has 1 aliphatic heterocycles. The highest BCUT2D eigenvalue weighted by molar-refractivity contribution is 7.99. The Hall–Kier alpha value is -1.78. The normalized spacial score (nSPS) is 18.8. The lowest BCUT2D eigenvalue weighted by atomic mass is 10.2. The molecule has 1 amide bonds. The van der Waals surface area contributed by atoms with E-state index >= 15 is 0 Å². The molecule has 0 aliphatic carbocycles. The van der Waals surface area contributed by atoms with E-state index in [1.165, 1.54) is 9.58 Å². The number of carbonyl (C=O) groups excluding carboxylic acids is 1. The Morgan fingerprint density at radius 2 is 2.15 bits per heavy atom. The minimum Gasteiger partial charge on any atom is -0.341 e. The number of nitrogen functional groups attached to an aromatic ring is 1. The predicted octanol–water partition coefficient (Wildman–Crippen LogP) is 1.05. The van der Waals surface area contributed by atoms with Crippen molar-refractivity contribution >= 4 is 39.1 Å². The first-order chi connectivity index (χ1) is 12.3. The summed E-state index contributed by atoms with van der Waals surface area (Å²) in [6.45, 7) is 0. The molecule has 0 unspecified atom stereocenters. The second-order valence-corrected chi connectivity index (χ2v) is 9.58. The molecule has 1 fully saturated rings. The SMILES string of the molecule is CN(C(=O)CSc1nnc(-c2ccccc2Cl)n1N)[C@@H]1CCS(=O)(=O)C1. The number of sulfone groups is 1. The lowest BCUT2D eigenvalue weighted by Crippen LogP contribution is -2.38. The average Bonchev–Trinajstić information content (AvgIpc) is 3.15. The van der Waals surface area contributed by atoms with Crippen molar-refractivity contribution in [3.63, 3.8) is 0 Å². The second-order valence-electron chi connectivity index (χ2n) is 6.01. The van der Waals surface area contributed by atoms with Gasteiger partial charge in [0.25, 0.3) is 0 Å². The van der Waals surface area contributed by atoms with Gasteiger partial charge in [0.05, 0.1) is 22.3 Å². The zero-order chi connectivity index (χ0) is 18.9. The standard InChI is InChI=1S/C15H18ClN5O3S2/c1-20(10-6-7-26(23,24)9-10)13(22)8-25-15-19-18-14(21(15)17)11-4-2-3-5-12(11)16/h2-5,10H,6-9,17H2,1H3/t10-/m1/s1. The molecular formula is C15H18ClN5O3S2. The molecule has 1 atom stereocenters. The molecule has 8 nitrogen and oxygen atoms in total. The van der Waals surface area contributed by atoms with E-state index in [4.69, 9.17) is 17.4 Å². The summed E-state index contributed by atoms with van der Waals surface area (Å²) in [7, 11) is -1.42. The molecular weight excluding hydrogens is 398 g/mol. The lowest BCUT2D eigenvalue weighted by molar-refractivity contribution is -0.128. The summed E-state index contributed by atoms with van der Waals surface area (Å²) in [5.74, 6) is 6.49. The van der Waals surface area contributed by atoms with E-state index in [2.05, 4.69) is 10.2 Å². The van der Waals surface area contributed by atoms with Crippen LogP contribution in [0.25, 0.3) is 11.4 Å². The molecule has 0 saturated carbocycles. The highest BCUT2D eigenvalue weighted by atomic mass is 35.5.